The van der Waals surface area contributed by atoms with Gasteiger partial charge in [0.15, 0.2) is 6.23 Å². The summed E-state index contributed by atoms with van der Waals surface area (Å²) in [4.78, 5) is 51.3. The predicted molar refractivity (Wildman–Crippen MR) is 99.6 cm³/mol. The van der Waals surface area contributed by atoms with Crippen LogP contribution in [0.25, 0.3) is 0 Å². The molecule has 1 aliphatic heterocycles. The first-order valence-electron chi connectivity index (χ1n) is 7.94. The smallest absolute Gasteiger partial charge is 0.389 e. The summed E-state index contributed by atoms with van der Waals surface area (Å²) < 4.78 is 51.8. The van der Waals surface area contributed by atoms with Crippen molar-refractivity contribution in [1.82, 2.24) is 9.55 Å². The van der Waals surface area contributed by atoms with Crippen molar-refractivity contribution in [2.45, 2.75) is 25.4 Å². The summed E-state index contributed by atoms with van der Waals surface area (Å²) >= 11 is 0. The average molecular weight is 505 g/mol. The zero-order valence-corrected chi connectivity index (χ0v) is 18.2. The number of aromatic nitrogens is 2. The topological polar surface area (TPSA) is 250 Å². The van der Waals surface area contributed by atoms with Crippen molar-refractivity contribution < 1.29 is 56.3 Å². The number of hydrogen-bond donors (Lipinski definition) is 6. The Labute approximate surface area is 174 Å². The first-order valence-corrected chi connectivity index (χ1v) is 12.5. The van der Waals surface area contributed by atoms with E-state index in [0.717, 1.165) is 4.57 Å². The van der Waals surface area contributed by atoms with Crippen LogP contribution in [0, 0.1) is 17.8 Å². The zero-order chi connectivity index (χ0) is 23.8. The van der Waals surface area contributed by atoms with E-state index in [4.69, 9.17) is 31.6 Å². The van der Waals surface area contributed by atoms with Crippen LogP contribution >= 0.6 is 23.5 Å². The number of nitrogen functional groups attached to an aromatic ring is 1. The molecule has 31 heavy (non-hydrogen) atoms. The van der Waals surface area contributed by atoms with Crippen molar-refractivity contribution in [1.29, 1.82) is 0 Å². The monoisotopic (exact) mass is 505 g/mol. The van der Waals surface area contributed by atoms with Crippen LogP contribution in [0.15, 0.2) is 17.1 Å². The van der Waals surface area contributed by atoms with Crippen LogP contribution in [0.1, 0.15) is 13.2 Å². The molecule has 19 heteroatoms. The molecule has 0 saturated carbocycles. The van der Waals surface area contributed by atoms with Gasteiger partial charge in [-0.05, 0) is 13.0 Å². The minimum absolute atomic E-state index is 0.0913. The molecule has 1 aromatic heterocycles. The summed E-state index contributed by atoms with van der Waals surface area (Å²) in [6.45, 7) is 0.381. The Morgan fingerprint density at radius 3 is 2.42 bits per heavy atom. The van der Waals surface area contributed by atoms with Gasteiger partial charge in [0.2, 0.25) is 0 Å². The molecule has 174 valence electrons. The number of rotatable bonds is 8. The van der Waals surface area contributed by atoms with E-state index in [1.165, 1.54) is 19.2 Å². The van der Waals surface area contributed by atoms with Gasteiger partial charge in [-0.25, -0.2) is 18.5 Å². The second-order valence-corrected chi connectivity index (χ2v) is 10.7. The minimum Gasteiger partial charge on any atom is -0.389 e. The summed E-state index contributed by atoms with van der Waals surface area (Å²) in [6.07, 6.45) is 2.31. The summed E-state index contributed by atoms with van der Waals surface area (Å²) in [5.41, 5.74) is 2.98. The lowest BCUT2D eigenvalue weighted by atomic mass is 9.83. The van der Waals surface area contributed by atoms with E-state index in [0.29, 0.717) is 0 Å². The molecule has 16 nitrogen and oxygen atoms in total. The van der Waals surface area contributed by atoms with Crippen molar-refractivity contribution in [3.05, 3.63) is 22.7 Å². The Hall–Kier alpha value is -1.43. The maximum atomic E-state index is 12.1. The van der Waals surface area contributed by atoms with E-state index in [1.54, 1.807) is 0 Å². The first-order chi connectivity index (χ1) is 14.0. The number of nitrogens with zero attached hydrogens (tertiary/aromatic N) is 2. The highest BCUT2D eigenvalue weighted by atomic mass is 31.3. The third kappa shape index (κ3) is 6.30. The second-order valence-electron chi connectivity index (χ2n) is 6.33. The molecule has 0 spiro atoms. The van der Waals surface area contributed by atoms with Crippen molar-refractivity contribution in [2.24, 2.45) is 5.41 Å². The van der Waals surface area contributed by atoms with Gasteiger partial charge < -0.3 is 35.2 Å². The van der Waals surface area contributed by atoms with E-state index >= 15 is 0 Å². The highest BCUT2D eigenvalue weighted by molar-refractivity contribution is 7.66. The normalized spacial score (nSPS) is 30.3. The molecule has 2 heterocycles. The lowest BCUT2D eigenvalue weighted by Gasteiger charge is -2.27. The van der Waals surface area contributed by atoms with E-state index in [9.17, 15) is 28.5 Å². The van der Waals surface area contributed by atoms with Gasteiger partial charge >= 0.3 is 29.2 Å². The maximum Gasteiger partial charge on any atom is 0.490 e. The van der Waals surface area contributed by atoms with Crippen LogP contribution in [0.3, 0.4) is 0 Å². The Bertz CT molecular complexity index is 1080. The molecule has 1 saturated heterocycles. The lowest BCUT2D eigenvalue weighted by molar-refractivity contribution is -0.0493. The fraction of sp³-hybridized carbons (Fsp3) is 0.500. The molecule has 0 aliphatic carbocycles. The number of nitrogens with two attached hydrogens (primary N) is 1. The standard InChI is InChI=1S/C12H18N3O13P3/c1-3-12(2)9(16)7(26-10(12)15-5-4-8(13)14-11(15)17)6-25-30(21,22)28-31(23,24)27-29(18,19)20/h1,4-5,7,9-10,16H,6H2,2H3,(H,21,22)(H,23,24)(H2,13,14,17)(H2,18,19,20)/t7-,9-,10-,12-/m1/s1. The van der Waals surface area contributed by atoms with Gasteiger partial charge in [-0.15, -0.1) is 6.42 Å². The average Bonchev–Trinajstić information content (AvgIpc) is 2.82. The fourth-order valence-electron chi connectivity index (χ4n) is 2.63. The second kappa shape index (κ2) is 8.84. The molecule has 0 aromatic carbocycles. The summed E-state index contributed by atoms with van der Waals surface area (Å²) in [5.74, 6) is 2.18. The van der Waals surface area contributed by atoms with E-state index < -0.39 is 59.6 Å². The number of aliphatic hydroxyl groups excluding tert-OH is 1. The van der Waals surface area contributed by atoms with Gasteiger partial charge in [0.05, 0.1) is 6.61 Å². The number of terminal acetylenes is 1. The third-order valence-corrected chi connectivity index (χ3v) is 7.82. The van der Waals surface area contributed by atoms with Crippen LogP contribution in [0.2, 0.25) is 0 Å². The molecule has 0 bridgehead atoms. The molecule has 7 N–H and O–H groups in total. The number of hydrogen-bond acceptors (Lipinski definition) is 11. The van der Waals surface area contributed by atoms with Gasteiger partial charge in [-0.3, -0.25) is 9.09 Å². The van der Waals surface area contributed by atoms with E-state index in [2.05, 4.69) is 24.0 Å². The van der Waals surface area contributed by atoms with Gasteiger partial charge in [-0.2, -0.15) is 13.6 Å². The molecule has 1 aromatic rings. The molecule has 1 aliphatic rings. The molecule has 0 amide bonds. The van der Waals surface area contributed by atoms with Crippen LogP contribution in [-0.4, -0.2) is 53.0 Å². The van der Waals surface area contributed by atoms with Crippen molar-refractivity contribution >= 4 is 29.3 Å². The molecule has 6 atom stereocenters. The van der Waals surface area contributed by atoms with Crippen LogP contribution in [0.4, 0.5) is 5.82 Å². The van der Waals surface area contributed by atoms with Gasteiger partial charge in [0, 0.05) is 6.20 Å². The Morgan fingerprint density at radius 2 is 1.90 bits per heavy atom. The largest absolute Gasteiger partial charge is 0.490 e. The van der Waals surface area contributed by atoms with Gasteiger partial charge in [0.1, 0.15) is 23.4 Å². The quantitative estimate of drug-likeness (QED) is 0.184. The first kappa shape index (κ1) is 25.8. The van der Waals surface area contributed by atoms with Crippen molar-refractivity contribution in [3.8, 4) is 12.3 Å². The highest BCUT2D eigenvalue weighted by Crippen LogP contribution is 2.66. The zero-order valence-electron chi connectivity index (χ0n) is 15.5. The molecular weight excluding hydrogens is 487 g/mol. The Morgan fingerprint density at radius 1 is 1.29 bits per heavy atom. The number of phosphoric ester groups is 1. The molecule has 1 fully saturated rings. The minimum atomic E-state index is -5.72. The molecule has 2 rings (SSSR count). The van der Waals surface area contributed by atoms with Gasteiger partial charge in [0.25, 0.3) is 0 Å². The third-order valence-electron chi connectivity index (χ3n) is 4.02. The summed E-state index contributed by atoms with van der Waals surface area (Å²) in [7, 11) is -16.7. The van der Waals surface area contributed by atoms with Gasteiger partial charge in [-0.1, -0.05) is 5.92 Å². The summed E-state index contributed by atoms with van der Waals surface area (Å²) in [5, 5.41) is 10.5. The Kier molecular flexibility index (Phi) is 7.36. The van der Waals surface area contributed by atoms with Crippen LogP contribution in [0.5, 0.6) is 0 Å². The maximum absolute atomic E-state index is 12.1. The van der Waals surface area contributed by atoms with Crippen molar-refractivity contribution in [2.75, 3.05) is 12.3 Å². The molecular formula is C12H18N3O13P3. The summed E-state index contributed by atoms with van der Waals surface area (Å²) in [6, 6.07) is 1.26. The van der Waals surface area contributed by atoms with E-state index in [-0.39, 0.29) is 5.82 Å². The number of phosphoric acid groups is 3. The number of anilines is 1. The SMILES string of the molecule is C#C[C@]1(C)[C@H](O)[C@@H](COP(=O)(O)OP(=O)(O)OP(=O)(O)O)O[C@H]1n1ccc(N)nc1=O. The van der Waals surface area contributed by atoms with Crippen LogP contribution < -0.4 is 11.4 Å². The van der Waals surface area contributed by atoms with Crippen molar-refractivity contribution in [3.63, 3.8) is 0 Å². The fourth-order valence-corrected chi connectivity index (χ4v) is 5.66. The highest BCUT2D eigenvalue weighted by Gasteiger charge is 2.54. The number of ether oxygens (including phenoxy) is 1. The molecule has 0 radical (unpaired) electrons. The predicted octanol–water partition coefficient (Wildman–Crippen LogP) is -0.933. The lowest BCUT2D eigenvalue weighted by Crippen LogP contribution is -2.39. The Balaban J connectivity index is 2.18. The van der Waals surface area contributed by atoms with Crippen LogP contribution in [-0.2, 0) is 31.6 Å². The molecule has 2 unspecified atom stereocenters. The van der Waals surface area contributed by atoms with E-state index in [1.807, 2.05) is 0 Å². The number of aliphatic hydroxyl groups is 1.